The van der Waals surface area contributed by atoms with Crippen LogP contribution in [-0.4, -0.2) is 79.5 Å². The van der Waals surface area contributed by atoms with Crippen LogP contribution in [0.2, 0.25) is 0 Å². The molecule has 0 saturated carbocycles. The van der Waals surface area contributed by atoms with Gasteiger partial charge in [-0.1, -0.05) is 36.4 Å². The first-order valence-corrected chi connectivity index (χ1v) is 10.7. The zero-order chi connectivity index (χ0) is 21.6. The molecule has 1 aromatic carbocycles. The van der Waals surface area contributed by atoms with E-state index in [1.54, 1.807) is 6.20 Å². The molecule has 1 unspecified atom stereocenters. The van der Waals surface area contributed by atoms with Crippen molar-refractivity contribution in [1.29, 1.82) is 0 Å². The van der Waals surface area contributed by atoms with Gasteiger partial charge in [0.25, 0.3) is 0 Å². The van der Waals surface area contributed by atoms with Gasteiger partial charge >= 0.3 is 5.97 Å². The van der Waals surface area contributed by atoms with Crippen molar-refractivity contribution in [3.63, 3.8) is 0 Å². The molecule has 0 bridgehead atoms. The molecule has 7 heteroatoms. The largest absolute Gasteiger partial charge is 0.466 e. The molecule has 1 N–H and O–H groups in total. The Morgan fingerprint density at radius 1 is 1.10 bits per heavy atom. The number of hydrogen-bond donors (Lipinski definition) is 1. The van der Waals surface area contributed by atoms with Crippen LogP contribution >= 0.6 is 0 Å². The number of aliphatic imine (C=N–C) groups is 1. The third-order valence-electron chi connectivity index (χ3n) is 5.77. The van der Waals surface area contributed by atoms with Gasteiger partial charge in [-0.2, -0.15) is 0 Å². The average molecular weight is 420 g/mol. The van der Waals surface area contributed by atoms with Crippen LogP contribution in [0.25, 0.3) is 0 Å². The van der Waals surface area contributed by atoms with Crippen molar-refractivity contribution in [3.05, 3.63) is 77.3 Å². The van der Waals surface area contributed by atoms with Crippen LogP contribution < -0.4 is 5.32 Å². The molecule has 2 aromatic rings. The Bertz CT molecular complexity index is 950. The lowest BCUT2D eigenvalue weighted by Gasteiger charge is -2.35. The van der Waals surface area contributed by atoms with E-state index in [1.807, 2.05) is 36.4 Å². The van der Waals surface area contributed by atoms with Gasteiger partial charge in [0.15, 0.2) is 5.84 Å². The van der Waals surface area contributed by atoms with E-state index in [1.165, 1.54) is 7.11 Å². The molecule has 1 aromatic heterocycles. The number of amidine groups is 1. The number of carbonyl (C=O) groups is 1. The third kappa shape index (κ3) is 5.18. The van der Waals surface area contributed by atoms with Crippen LogP contribution in [-0.2, 0) is 16.0 Å². The zero-order valence-corrected chi connectivity index (χ0v) is 18.1. The summed E-state index contributed by atoms with van der Waals surface area (Å²) in [7, 11) is 3.57. The molecule has 0 aliphatic carbocycles. The highest BCUT2D eigenvalue weighted by atomic mass is 16.5. The van der Waals surface area contributed by atoms with Gasteiger partial charge in [0, 0.05) is 44.6 Å². The SMILES string of the molecule is COC(=O)C1=C(CN2CCN(C)CC2)NC(c2ccccn2)=NC1Cc1ccccc1. The Morgan fingerprint density at radius 2 is 1.84 bits per heavy atom. The molecule has 1 atom stereocenters. The summed E-state index contributed by atoms with van der Waals surface area (Å²) in [5.74, 6) is 0.361. The molecule has 2 aliphatic heterocycles. The number of piperazine rings is 1. The van der Waals surface area contributed by atoms with Crippen molar-refractivity contribution in [2.24, 2.45) is 4.99 Å². The highest BCUT2D eigenvalue weighted by Crippen LogP contribution is 2.23. The van der Waals surface area contributed by atoms with Gasteiger partial charge in [0.05, 0.1) is 18.7 Å². The highest BCUT2D eigenvalue weighted by Gasteiger charge is 2.32. The summed E-state index contributed by atoms with van der Waals surface area (Å²) in [5, 5.41) is 3.42. The lowest BCUT2D eigenvalue weighted by atomic mass is 9.95. The molecule has 0 radical (unpaired) electrons. The number of likely N-dealkylation sites (N-methyl/N-ethyl adjacent to an activating group) is 1. The van der Waals surface area contributed by atoms with E-state index < -0.39 is 0 Å². The first-order valence-electron chi connectivity index (χ1n) is 10.7. The summed E-state index contributed by atoms with van der Waals surface area (Å²) < 4.78 is 5.19. The number of methoxy groups -OCH3 is 1. The fourth-order valence-corrected chi connectivity index (χ4v) is 4.01. The number of pyridine rings is 1. The maximum Gasteiger partial charge on any atom is 0.337 e. The Balaban J connectivity index is 1.70. The fraction of sp³-hybridized carbons (Fsp3) is 0.375. The van der Waals surface area contributed by atoms with E-state index in [-0.39, 0.29) is 12.0 Å². The second kappa shape index (κ2) is 9.85. The maximum absolute atomic E-state index is 12.9. The van der Waals surface area contributed by atoms with E-state index in [2.05, 4.69) is 39.3 Å². The van der Waals surface area contributed by atoms with Crippen LogP contribution in [0.5, 0.6) is 0 Å². The van der Waals surface area contributed by atoms with Crippen LogP contribution in [0.1, 0.15) is 11.3 Å². The van der Waals surface area contributed by atoms with Crippen molar-refractivity contribution in [1.82, 2.24) is 20.1 Å². The Kier molecular flexibility index (Phi) is 6.74. The van der Waals surface area contributed by atoms with Crippen LogP contribution in [0.15, 0.2) is 71.0 Å². The predicted molar refractivity (Wildman–Crippen MR) is 121 cm³/mol. The minimum Gasteiger partial charge on any atom is -0.466 e. The maximum atomic E-state index is 12.9. The van der Waals surface area contributed by atoms with Gasteiger partial charge in [-0.05, 0) is 31.2 Å². The van der Waals surface area contributed by atoms with E-state index in [4.69, 9.17) is 9.73 Å². The van der Waals surface area contributed by atoms with Crippen LogP contribution in [0.3, 0.4) is 0 Å². The summed E-state index contributed by atoms with van der Waals surface area (Å²) >= 11 is 0. The van der Waals surface area contributed by atoms with Gasteiger partial charge in [0.1, 0.15) is 5.69 Å². The number of esters is 1. The van der Waals surface area contributed by atoms with Crippen molar-refractivity contribution in [3.8, 4) is 0 Å². The van der Waals surface area contributed by atoms with Gasteiger partial charge in [-0.3, -0.25) is 14.9 Å². The Hall–Kier alpha value is -3.03. The smallest absolute Gasteiger partial charge is 0.337 e. The number of nitrogens with zero attached hydrogens (tertiary/aromatic N) is 4. The van der Waals surface area contributed by atoms with Crippen molar-refractivity contribution in [2.45, 2.75) is 12.5 Å². The minimum absolute atomic E-state index is 0.332. The number of nitrogens with one attached hydrogen (secondary N) is 1. The van der Waals surface area contributed by atoms with Gasteiger partial charge in [0.2, 0.25) is 0 Å². The van der Waals surface area contributed by atoms with E-state index in [0.29, 0.717) is 24.4 Å². The van der Waals surface area contributed by atoms with E-state index in [9.17, 15) is 4.79 Å². The highest BCUT2D eigenvalue weighted by molar-refractivity contribution is 6.02. The normalized spacial score (nSPS) is 20.2. The molecule has 0 spiro atoms. The lowest BCUT2D eigenvalue weighted by Crippen LogP contribution is -2.48. The number of benzene rings is 1. The predicted octanol–water partition coefficient (Wildman–Crippen LogP) is 1.72. The van der Waals surface area contributed by atoms with Crippen LogP contribution in [0, 0.1) is 0 Å². The third-order valence-corrected chi connectivity index (χ3v) is 5.77. The first kappa shape index (κ1) is 21.2. The molecule has 1 fully saturated rings. The molecular weight excluding hydrogens is 390 g/mol. The summed E-state index contributed by atoms with van der Waals surface area (Å²) in [5.41, 5.74) is 3.34. The molecule has 4 rings (SSSR count). The Morgan fingerprint density at radius 3 is 2.52 bits per heavy atom. The number of carbonyl (C=O) groups excluding carboxylic acids is 1. The standard InChI is InChI=1S/C24H29N5O2/c1-28-12-14-29(15-13-28)17-21-22(24(30)31-2)20(16-18-8-4-3-5-9-18)26-23(27-21)19-10-6-7-11-25-19/h3-11,20H,12-17H2,1-2H3,(H,26,27). The molecule has 3 heterocycles. The van der Waals surface area contributed by atoms with Gasteiger partial charge in [-0.15, -0.1) is 0 Å². The lowest BCUT2D eigenvalue weighted by molar-refractivity contribution is -0.136. The molecule has 162 valence electrons. The second-order valence-electron chi connectivity index (χ2n) is 7.99. The van der Waals surface area contributed by atoms with Gasteiger partial charge < -0.3 is 15.0 Å². The Labute approximate surface area is 183 Å². The van der Waals surface area contributed by atoms with Gasteiger partial charge in [-0.25, -0.2) is 4.79 Å². The summed E-state index contributed by atoms with van der Waals surface area (Å²) in [6, 6.07) is 15.6. The molecule has 1 saturated heterocycles. The summed E-state index contributed by atoms with van der Waals surface area (Å²) in [6.07, 6.45) is 2.38. The first-order chi connectivity index (χ1) is 15.1. The molecule has 7 nitrogen and oxygen atoms in total. The number of hydrogen-bond acceptors (Lipinski definition) is 7. The summed E-state index contributed by atoms with van der Waals surface area (Å²) in [4.78, 5) is 27.0. The van der Waals surface area contributed by atoms with E-state index >= 15 is 0 Å². The monoisotopic (exact) mass is 419 g/mol. The number of rotatable bonds is 6. The molecule has 0 amide bonds. The topological polar surface area (TPSA) is 70.1 Å². The van der Waals surface area contributed by atoms with Crippen LogP contribution in [0.4, 0.5) is 0 Å². The average Bonchev–Trinajstić information content (AvgIpc) is 2.81. The minimum atomic E-state index is -0.337. The van der Waals surface area contributed by atoms with Crippen molar-refractivity contribution >= 4 is 11.8 Å². The fourth-order valence-electron chi connectivity index (χ4n) is 4.01. The summed E-state index contributed by atoms with van der Waals surface area (Å²) in [6.45, 7) is 4.57. The number of ether oxygens (including phenoxy) is 1. The second-order valence-corrected chi connectivity index (χ2v) is 7.99. The zero-order valence-electron chi connectivity index (χ0n) is 18.1. The van der Waals surface area contributed by atoms with Crippen molar-refractivity contribution < 1.29 is 9.53 Å². The molecule has 31 heavy (non-hydrogen) atoms. The van der Waals surface area contributed by atoms with Crippen molar-refractivity contribution in [2.75, 3.05) is 46.9 Å². The molecular formula is C24H29N5O2. The number of aromatic nitrogens is 1. The molecule has 2 aliphatic rings. The quantitative estimate of drug-likeness (QED) is 0.719. The van der Waals surface area contributed by atoms with E-state index in [0.717, 1.165) is 43.1 Å².